The van der Waals surface area contributed by atoms with Crippen molar-refractivity contribution < 1.29 is 9.59 Å². The van der Waals surface area contributed by atoms with Crippen molar-refractivity contribution in [3.05, 3.63) is 57.7 Å². The first-order chi connectivity index (χ1) is 12.4. The molecule has 0 saturated carbocycles. The number of piperidine rings is 1. The van der Waals surface area contributed by atoms with Crippen LogP contribution in [-0.4, -0.2) is 34.8 Å². The van der Waals surface area contributed by atoms with Gasteiger partial charge in [0.1, 0.15) is 5.82 Å². The molecule has 2 aromatic rings. The third-order valence-electron chi connectivity index (χ3n) is 4.43. The minimum Gasteiger partial charge on any atom is -0.339 e. The van der Waals surface area contributed by atoms with Crippen molar-refractivity contribution in [2.75, 3.05) is 18.4 Å². The van der Waals surface area contributed by atoms with Crippen LogP contribution in [0.3, 0.4) is 0 Å². The number of carbonyl (C=O) groups excluding carboxylic acids is 2. The van der Waals surface area contributed by atoms with Gasteiger partial charge in [-0.25, -0.2) is 4.98 Å². The van der Waals surface area contributed by atoms with Gasteiger partial charge in [0.05, 0.1) is 0 Å². The van der Waals surface area contributed by atoms with Crippen LogP contribution in [0, 0.1) is 12.8 Å². The molecule has 0 aliphatic carbocycles. The van der Waals surface area contributed by atoms with Gasteiger partial charge in [-0.3, -0.25) is 9.59 Å². The van der Waals surface area contributed by atoms with E-state index in [0.717, 1.165) is 5.56 Å². The highest BCUT2D eigenvalue weighted by atomic mass is 35.5. The Balaban J connectivity index is 1.58. The number of halogens is 2. The zero-order valence-electron chi connectivity index (χ0n) is 14.3. The summed E-state index contributed by atoms with van der Waals surface area (Å²) in [5, 5.41) is 3.72. The lowest BCUT2D eigenvalue weighted by Gasteiger charge is -2.31. The summed E-state index contributed by atoms with van der Waals surface area (Å²) in [5.41, 5.74) is 1.50. The van der Waals surface area contributed by atoms with Gasteiger partial charge in [0.15, 0.2) is 0 Å². The van der Waals surface area contributed by atoms with Crippen LogP contribution in [0.25, 0.3) is 0 Å². The number of nitrogens with one attached hydrogen (secondary N) is 1. The summed E-state index contributed by atoms with van der Waals surface area (Å²) in [4.78, 5) is 30.9. The Hall–Kier alpha value is -2.11. The summed E-state index contributed by atoms with van der Waals surface area (Å²) < 4.78 is 0. The van der Waals surface area contributed by atoms with Crippen molar-refractivity contribution in [1.82, 2.24) is 9.88 Å². The topological polar surface area (TPSA) is 62.3 Å². The predicted octanol–water partition coefficient (Wildman–Crippen LogP) is 4.19. The molecule has 1 fully saturated rings. The van der Waals surface area contributed by atoms with Gasteiger partial charge in [-0.05, 0) is 55.7 Å². The van der Waals surface area contributed by atoms with Crippen molar-refractivity contribution in [3.8, 4) is 0 Å². The van der Waals surface area contributed by atoms with Gasteiger partial charge in [0.2, 0.25) is 5.91 Å². The van der Waals surface area contributed by atoms with E-state index >= 15 is 0 Å². The number of carbonyl (C=O) groups is 2. The van der Waals surface area contributed by atoms with Gasteiger partial charge in [0, 0.05) is 40.8 Å². The molecule has 2 heterocycles. The van der Waals surface area contributed by atoms with E-state index in [-0.39, 0.29) is 17.7 Å². The zero-order chi connectivity index (χ0) is 18.7. The third kappa shape index (κ3) is 4.54. The minimum absolute atomic E-state index is 0.0546. The van der Waals surface area contributed by atoms with E-state index in [1.807, 2.05) is 19.1 Å². The molecule has 0 radical (unpaired) electrons. The molecule has 0 unspecified atom stereocenters. The second kappa shape index (κ2) is 8.06. The molecule has 136 valence electrons. The highest BCUT2D eigenvalue weighted by molar-refractivity contribution is 6.35. The number of amides is 2. The lowest BCUT2D eigenvalue weighted by atomic mass is 9.95. The molecule has 5 nitrogen and oxygen atoms in total. The molecule has 0 atom stereocenters. The molecular weight excluding hydrogens is 373 g/mol. The van der Waals surface area contributed by atoms with Crippen LogP contribution in [0.15, 0.2) is 36.5 Å². The quantitative estimate of drug-likeness (QED) is 0.852. The molecule has 1 aliphatic rings. The maximum atomic E-state index is 12.6. The Labute approximate surface area is 162 Å². The van der Waals surface area contributed by atoms with E-state index in [4.69, 9.17) is 23.2 Å². The summed E-state index contributed by atoms with van der Waals surface area (Å²) >= 11 is 11.9. The van der Waals surface area contributed by atoms with E-state index in [0.29, 0.717) is 47.4 Å². The summed E-state index contributed by atoms with van der Waals surface area (Å²) in [6.45, 7) is 2.98. The second-order valence-corrected chi connectivity index (χ2v) is 7.31. The van der Waals surface area contributed by atoms with Crippen LogP contribution in [0.4, 0.5) is 5.82 Å². The van der Waals surface area contributed by atoms with E-state index in [1.165, 1.54) is 0 Å². The molecule has 1 aromatic heterocycles. The fourth-order valence-corrected chi connectivity index (χ4v) is 3.56. The molecule has 2 amide bonds. The summed E-state index contributed by atoms with van der Waals surface area (Å²) in [6, 6.07) is 8.52. The maximum Gasteiger partial charge on any atom is 0.253 e. The van der Waals surface area contributed by atoms with Crippen molar-refractivity contribution in [1.29, 1.82) is 0 Å². The lowest BCUT2D eigenvalue weighted by molar-refractivity contribution is -0.121. The number of pyridine rings is 1. The van der Waals surface area contributed by atoms with Crippen molar-refractivity contribution in [3.63, 3.8) is 0 Å². The van der Waals surface area contributed by atoms with E-state index in [1.54, 1.807) is 29.3 Å². The van der Waals surface area contributed by atoms with Gasteiger partial charge >= 0.3 is 0 Å². The highest BCUT2D eigenvalue weighted by Crippen LogP contribution is 2.24. The van der Waals surface area contributed by atoms with E-state index in [9.17, 15) is 9.59 Å². The Morgan fingerprint density at radius 3 is 2.38 bits per heavy atom. The largest absolute Gasteiger partial charge is 0.339 e. The maximum absolute atomic E-state index is 12.6. The molecule has 0 spiro atoms. The van der Waals surface area contributed by atoms with Crippen molar-refractivity contribution in [2.24, 2.45) is 5.92 Å². The van der Waals surface area contributed by atoms with E-state index < -0.39 is 0 Å². The molecule has 1 N–H and O–H groups in total. The smallest absolute Gasteiger partial charge is 0.253 e. The number of benzene rings is 1. The van der Waals surface area contributed by atoms with Crippen LogP contribution in [0.1, 0.15) is 28.8 Å². The molecule has 1 aliphatic heterocycles. The zero-order valence-corrected chi connectivity index (χ0v) is 15.8. The van der Waals surface area contributed by atoms with Crippen LogP contribution < -0.4 is 5.32 Å². The fraction of sp³-hybridized carbons (Fsp3) is 0.316. The summed E-state index contributed by atoms with van der Waals surface area (Å²) in [7, 11) is 0. The molecular formula is C19H19Cl2N3O2. The summed E-state index contributed by atoms with van der Waals surface area (Å²) in [5.74, 6) is 0.251. The number of nitrogens with zero attached hydrogens (tertiary/aromatic N) is 2. The predicted molar refractivity (Wildman–Crippen MR) is 103 cm³/mol. The first-order valence-corrected chi connectivity index (χ1v) is 9.17. The number of anilines is 1. The molecule has 7 heteroatoms. The van der Waals surface area contributed by atoms with Gasteiger partial charge in [-0.1, -0.05) is 23.2 Å². The van der Waals surface area contributed by atoms with Gasteiger partial charge < -0.3 is 10.2 Å². The number of likely N-dealkylation sites (tertiary alicyclic amines) is 1. The first kappa shape index (κ1) is 18.7. The van der Waals surface area contributed by atoms with Crippen molar-refractivity contribution in [2.45, 2.75) is 19.8 Å². The number of aromatic nitrogens is 1. The normalized spacial score (nSPS) is 15.0. The Kier molecular flexibility index (Phi) is 5.79. The lowest BCUT2D eigenvalue weighted by Crippen LogP contribution is -2.41. The average Bonchev–Trinajstić information content (AvgIpc) is 2.60. The number of hydrogen-bond acceptors (Lipinski definition) is 3. The van der Waals surface area contributed by atoms with Crippen LogP contribution in [0.5, 0.6) is 0 Å². The average molecular weight is 392 g/mol. The van der Waals surface area contributed by atoms with E-state index in [2.05, 4.69) is 10.3 Å². The van der Waals surface area contributed by atoms with Gasteiger partial charge in [0.25, 0.3) is 5.91 Å². The van der Waals surface area contributed by atoms with Crippen molar-refractivity contribution >= 4 is 40.8 Å². The number of hydrogen-bond donors (Lipinski definition) is 1. The monoisotopic (exact) mass is 391 g/mol. The molecule has 26 heavy (non-hydrogen) atoms. The SMILES string of the molecule is Cc1ccnc(NC(=O)C2CCN(C(=O)c3cc(Cl)cc(Cl)c3)CC2)c1. The molecule has 1 aromatic carbocycles. The summed E-state index contributed by atoms with van der Waals surface area (Å²) in [6.07, 6.45) is 2.89. The standard InChI is InChI=1S/C19H19Cl2N3O2/c1-12-2-5-22-17(8-12)23-18(25)13-3-6-24(7-4-13)19(26)14-9-15(20)11-16(21)10-14/h2,5,8-11,13H,3-4,6-7H2,1H3,(H,22,23,25). The van der Waals surface area contributed by atoms with Gasteiger partial charge in [-0.15, -0.1) is 0 Å². The first-order valence-electron chi connectivity index (χ1n) is 8.41. The third-order valence-corrected chi connectivity index (χ3v) is 4.87. The molecule has 1 saturated heterocycles. The minimum atomic E-state index is -0.135. The Morgan fingerprint density at radius 2 is 1.77 bits per heavy atom. The number of aryl methyl sites for hydroxylation is 1. The van der Waals surface area contributed by atoms with Crippen LogP contribution >= 0.6 is 23.2 Å². The highest BCUT2D eigenvalue weighted by Gasteiger charge is 2.28. The van der Waals surface area contributed by atoms with Crippen LogP contribution in [0.2, 0.25) is 10.0 Å². The number of rotatable bonds is 3. The molecule has 0 bridgehead atoms. The van der Waals surface area contributed by atoms with Crippen LogP contribution in [-0.2, 0) is 4.79 Å². The molecule has 3 rings (SSSR count). The Bertz CT molecular complexity index is 813. The van der Waals surface area contributed by atoms with Gasteiger partial charge in [-0.2, -0.15) is 0 Å². The Morgan fingerprint density at radius 1 is 1.12 bits per heavy atom. The second-order valence-electron chi connectivity index (χ2n) is 6.43. The fourth-order valence-electron chi connectivity index (χ4n) is 3.04.